The van der Waals surface area contributed by atoms with E-state index in [2.05, 4.69) is 0 Å². The predicted octanol–water partition coefficient (Wildman–Crippen LogP) is 2.51. The molecule has 2 aromatic rings. The van der Waals surface area contributed by atoms with Crippen molar-refractivity contribution in [3.05, 3.63) is 58.6 Å². The van der Waals surface area contributed by atoms with Gasteiger partial charge < -0.3 is 10.6 Å². The largest absolute Gasteiger partial charge is 0.369 e. The molecule has 1 aliphatic heterocycles. The fourth-order valence-corrected chi connectivity index (χ4v) is 5.21. The number of carbonyl (C=O) groups excluding carboxylic acids is 1. The Morgan fingerprint density at radius 1 is 1.27 bits per heavy atom. The third-order valence-electron chi connectivity index (χ3n) is 5.23. The first-order chi connectivity index (χ1) is 14.3. The van der Waals surface area contributed by atoms with Gasteiger partial charge in [0.15, 0.2) is 0 Å². The Hall–Kier alpha value is -3.14. The van der Waals surface area contributed by atoms with Crippen LogP contribution in [0.2, 0.25) is 0 Å². The van der Waals surface area contributed by atoms with Crippen LogP contribution < -0.4 is 14.9 Å². The van der Waals surface area contributed by atoms with Crippen molar-refractivity contribution in [1.29, 1.82) is 0 Å². The molecule has 0 spiro atoms. The van der Waals surface area contributed by atoms with Crippen LogP contribution in [0.5, 0.6) is 0 Å². The molecule has 0 aliphatic carbocycles. The van der Waals surface area contributed by atoms with Gasteiger partial charge in [-0.2, -0.15) is 0 Å². The third kappa shape index (κ3) is 4.23. The molecule has 10 heteroatoms. The number of amides is 1. The number of anilines is 2. The number of primary amides is 1. The fourth-order valence-electron chi connectivity index (χ4n) is 3.72. The number of nitrogens with zero attached hydrogens (tertiary/aromatic N) is 3. The standard InChI is InChI=1S/C20H24N4O5S/c1-2-23(16-8-4-3-5-9-16)30(28,29)17-10-11-18(19(13-17)24(26)27)22-12-6-7-15(14-22)20(21)25/h3-5,8-11,13,15H,2,6-7,12,14H2,1H3,(H2,21,25). The van der Waals surface area contributed by atoms with E-state index in [1.165, 1.54) is 16.4 Å². The Labute approximate surface area is 175 Å². The van der Waals surface area contributed by atoms with Crippen LogP contribution in [0.4, 0.5) is 17.1 Å². The van der Waals surface area contributed by atoms with Crippen LogP contribution in [0.15, 0.2) is 53.4 Å². The summed E-state index contributed by atoms with van der Waals surface area (Å²) in [5.74, 6) is -0.835. The molecule has 30 heavy (non-hydrogen) atoms. The molecule has 1 aliphatic rings. The van der Waals surface area contributed by atoms with Crippen molar-refractivity contribution in [2.45, 2.75) is 24.7 Å². The average molecular weight is 433 g/mol. The number of hydrogen-bond acceptors (Lipinski definition) is 6. The van der Waals surface area contributed by atoms with Crippen molar-refractivity contribution in [2.75, 3.05) is 28.8 Å². The molecule has 9 nitrogen and oxygen atoms in total. The number of benzene rings is 2. The Morgan fingerprint density at radius 3 is 2.57 bits per heavy atom. The second kappa shape index (κ2) is 8.70. The number of nitrogens with two attached hydrogens (primary N) is 1. The van der Waals surface area contributed by atoms with E-state index in [1.807, 2.05) is 0 Å². The lowest BCUT2D eigenvalue weighted by molar-refractivity contribution is -0.384. The van der Waals surface area contributed by atoms with Crippen molar-refractivity contribution in [3.8, 4) is 0 Å². The highest BCUT2D eigenvalue weighted by Gasteiger charge is 2.31. The smallest absolute Gasteiger partial charge is 0.293 e. The van der Waals surface area contributed by atoms with Gasteiger partial charge in [-0.3, -0.25) is 19.2 Å². The SMILES string of the molecule is CCN(c1ccccc1)S(=O)(=O)c1ccc(N2CCCC(C(N)=O)C2)c([N+](=O)[O-])c1. The first-order valence-corrected chi connectivity index (χ1v) is 11.1. The van der Waals surface area contributed by atoms with Gasteiger partial charge in [-0.05, 0) is 44.0 Å². The number of hydrogen-bond donors (Lipinski definition) is 1. The summed E-state index contributed by atoms with van der Waals surface area (Å²) in [6.45, 7) is 2.68. The molecule has 0 aromatic heterocycles. The molecule has 1 saturated heterocycles. The van der Waals surface area contributed by atoms with E-state index in [1.54, 1.807) is 42.2 Å². The summed E-state index contributed by atoms with van der Waals surface area (Å²) in [5, 5.41) is 11.7. The first-order valence-electron chi connectivity index (χ1n) is 9.66. The Balaban J connectivity index is 2.00. The second-order valence-corrected chi connectivity index (χ2v) is 8.96. The lowest BCUT2D eigenvalue weighted by Gasteiger charge is -2.32. The quantitative estimate of drug-likeness (QED) is 0.529. The maximum absolute atomic E-state index is 13.2. The number of piperidine rings is 1. The van der Waals surface area contributed by atoms with Crippen molar-refractivity contribution >= 4 is 33.0 Å². The van der Waals surface area contributed by atoms with E-state index in [0.29, 0.717) is 25.1 Å². The van der Waals surface area contributed by atoms with Crippen molar-refractivity contribution < 1.29 is 18.1 Å². The number of carbonyl (C=O) groups is 1. The molecule has 0 saturated carbocycles. The number of sulfonamides is 1. The molecular weight excluding hydrogens is 408 g/mol. The maximum atomic E-state index is 13.2. The van der Waals surface area contributed by atoms with Crippen LogP contribution in [0.1, 0.15) is 19.8 Å². The molecule has 3 rings (SSSR count). The van der Waals surface area contributed by atoms with Crippen LogP contribution in [-0.2, 0) is 14.8 Å². The highest BCUT2D eigenvalue weighted by molar-refractivity contribution is 7.92. The zero-order valence-corrected chi connectivity index (χ0v) is 17.4. The van der Waals surface area contributed by atoms with E-state index in [-0.39, 0.29) is 29.4 Å². The van der Waals surface area contributed by atoms with E-state index in [0.717, 1.165) is 6.07 Å². The minimum absolute atomic E-state index is 0.160. The highest BCUT2D eigenvalue weighted by atomic mass is 32.2. The van der Waals surface area contributed by atoms with Gasteiger partial charge in [-0.1, -0.05) is 18.2 Å². The molecule has 0 bridgehead atoms. The number of nitro benzene ring substituents is 1. The predicted molar refractivity (Wildman–Crippen MR) is 114 cm³/mol. The summed E-state index contributed by atoms with van der Waals surface area (Å²) in [5.41, 5.74) is 5.86. The van der Waals surface area contributed by atoms with Crippen molar-refractivity contribution in [2.24, 2.45) is 11.7 Å². The summed E-state index contributed by atoms with van der Waals surface area (Å²) < 4.78 is 27.6. The van der Waals surface area contributed by atoms with Gasteiger partial charge in [0.2, 0.25) is 5.91 Å². The molecule has 1 heterocycles. The Bertz CT molecular complexity index is 1040. The summed E-state index contributed by atoms with van der Waals surface area (Å²) >= 11 is 0. The van der Waals surface area contributed by atoms with Gasteiger partial charge >= 0.3 is 0 Å². The van der Waals surface area contributed by atoms with Crippen LogP contribution in [-0.4, -0.2) is 38.9 Å². The highest BCUT2D eigenvalue weighted by Crippen LogP contribution is 2.35. The lowest BCUT2D eigenvalue weighted by atomic mass is 9.97. The zero-order valence-electron chi connectivity index (χ0n) is 16.6. The molecule has 2 N–H and O–H groups in total. The lowest BCUT2D eigenvalue weighted by Crippen LogP contribution is -2.41. The molecule has 1 fully saturated rings. The van der Waals surface area contributed by atoms with E-state index >= 15 is 0 Å². The van der Waals surface area contributed by atoms with Gasteiger partial charge in [0, 0.05) is 25.7 Å². The average Bonchev–Trinajstić information content (AvgIpc) is 2.74. The van der Waals surface area contributed by atoms with Crippen LogP contribution >= 0.6 is 0 Å². The molecule has 1 amide bonds. The van der Waals surface area contributed by atoms with Crippen molar-refractivity contribution in [1.82, 2.24) is 0 Å². The number of rotatable bonds is 7. The summed E-state index contributed by atoms with van der Waals surface area (Å²) in [7, 11) is -4.00. The van der Waals surface area contributed by atoms with E-state index < -0.39 is 26.8 Å². The monoisotopic (exact) mass is 432 g/mol. The van der Waals surface area contributed by atoms with Gasteiger partial charge in [-0.15, -0.1) is 0 Å². The normalized spacial score (nSPS) is 16.8. The summed E-state index contributed by atoms with van der Waals surface area (Å²) in [6.07, 6.45) is 1.30. The van der Waals surface area contributed by atoms with Gasteiger partial charge in [0.05, 0.1) is 21.4 Å². The molecular formula is C20H24N4O5S. The van der Waals surface area contributed by atoms with E-state index in [4.69, 9.17) is 5.73 Å². The van der Waals surface area contributed by atoms with Gasteiger partial charge in [0.25, 0.3) is 15.7 Å². The number of nitro groups is 1. The molecule has 1 atom stereocenters. The Morgan fingerprint density at radius 2 is 1.97 bits per heavy atom. The zero-order chi connectivity index (χ0) is 21.9. The van der Waals surface area contributed by atoms with Crippen LogP contribution in [0.25, 0.3) is 0 Å². The summed E-state index contributed by atoms with van der Waals surface area (Å²) in [6, 6.07) is 12.5. The van der Waals surface area contributed by atoms with Crippen LogP contribution in [0.3, 0.4) is 0 Å². The third-order valence-corrected chi connectivity index (χ3v) is 7.13. The minimum atomic E-state index is -4.00. The van der Waals surface area contributed by atoms with Crippen LogP contribution in [0, 0.1) is 16.0 Å². The topological polar surface area (TPSA) is 127 Å². The van der Waals surface area contributed by atoms with E-state index in [9.17, 15) is 23.3 Å². The molecule has 2 aromatic carbocycles. The maximum Gasteiger partial charge on any atom is 0.293 e. The van der Waals surface area contributed by atoms with Gasteiger partial charge in [-0.25, -0.2) is 8.42 Å². The minimum Gasteiger partial charge on any atom is -0.369 e. The van der Waals surface area contributed by atoms with Gasteiger partial charge in [0.1, 0.15) is 5.69 Å². The molecule has 1 unspecified atom stereocenters. The number of para-hydroxylation sites is 1. The molecule has 0 radical (unpaired) electrons. The molecule has 160 valence electrons. The first kappa shape index (κ1) is 21.6. The van der Waals surface area contributed by atoms with Crippen molar-refractivity contribution in [3.63, 3.8) is 0 Å². The Kier molecular flexibility index (Phi) is 6.25. The summed E-state index contributed by atoms with van der Waals surface area (Å²) in [4.78, 5) is 24.3. The second-order valence-electron chi connectivity index (χ2n) is 7.10. The fraction of sp³-hybridized carbons (Fsp3) is 0.350.